The zero-order valence-electron chi connectivity index (χ0n) is 9.57. The fourth-order valence-electron chi connectivity index (χ4n) is 1.48. The fourth-order valence-corrected chi connectivity index (χ4v) is 2.18. The van der Waals surface area contributed by atoms with Crippen molar-refractivity contribution in [2.24, 2.45) is 0 Å². The molecule has 0 aliphatic heterocycles. The van der Waals surface area contributed by atoms with Gasteiger partial charge in [0.1, 0.15) is 0 Å². The molecule has 1 heterocycles. The van der Waals surface area contributed by atoms with E-state index in [-0.39, 0.29) is 17.5 Å². The largest absolute Gasteiger partial charge is 0.308 e. The lowest BCUT2D eigenvalue weighted by Crippen LogP contribution is -2.11. The molecule has 0 radical (unpaired) electrons. The molecule has 0 atom stereocenters. The van der Waals surface area contributed by atoms with E-state index in [0.29, 0.717) is 0 Å². The molecule has 0 aliphatic rings. The Hall–Kier alpha value is -0.900. The summed E-state index contributed by atoms with van der Waals surface area (Å²) in [5, 5.41) is 3.18. The van der Waals surface area contributed by atoms with Gasteiger partial charge >= 0.3 is 0 Å². The molecule has 0 amide bonds. The van der Waals surface area contributed by atoms with Crippen molar-refractivity contribution >= 4 is 23.7 Å². The Labute approximate surface area is 111 Å². The second-order valence-corrected chi connectivity index (χ2v) is 4.91. The summed E-state index contributed by atoms with van der Waals surface area (Å²) in [6.45, 7) is 3.62. The molecule has 0 bridgehead atoms. The lowest BCUT2D eigenvalue weighted by Gasteiger charge is -2.03. The van der Waals surface area contributed by atoms with Crippen molar-refractivity contribution < 1.29 is 4.39 Å². The molecule has 1 aromatic carbocycles. The first-order chi connectivity index (χ1) is 7.74. The van der Waals surface area contributed by atoms with Gasteiger partial charge in [-0.1, -0.05) is 29.8 Å². The molecule has 1 aromatic heterocycles. The first-order valence-electron chi connectivity index (χ1n) is 5.24. The third-order valence-electron chi connectivity index (χ3n) is 2.38. The van der Waals surface area contributed by atoms with Crippen molar-refractivity contribution in [1.29, 1.82) is 0 Å². The normalized spacial score (nSPS) is 10.0. The van der Waals surface area contributed by atoms with Crippen molar-refractivity contribution in [2.75, 3.05) is 0 Å². The zero-order valence-corrected chi connectivity index (χ0v) is 11.2. The predicted octanol–water partition coefficient (Wildman–Crippen LogP) is 3.91. The Kier molecular flexibility index (Phi) is 5.62. The average Bonchev–Trinajstić information content (AvgIpc) is 2.67. The van der Waals surface area contributed by atoms with Crippen LogP contribution < -0.4 is 5.32 Å². The van der Waals surface area contributed by atoms with Gasteiger partial charge in [0.05, 0.1) is 0 Å². The number of hydrogen-bond donors (Lipinski definition) is 1. The molecule has 1 nitrogen and oxygen atoms in total. The van der Waals surface area contributed by atoms with Gasteiger partial charge in [0, 0.05) is 18.0 Å². The number of thiophene rings is 1. The summed E-state index contributed by atoms with van der Waals surface area (Å²) in [4.78, 5) is 1.03. The predicted molar refractivity (Wildman–Crippen MR) is 73.2 cm³/mol. The molecule has 2 aromatic rings. The fraction of sp³-hybridized carbons (Fsp3) is 0.231. The molecule has 0 fully saturated rings. The van der Waals surface area contributed by atoms with E-state index >= 15 is 0 Å². The van der Waals surface area contributed by atoms with Gasteiger partial charge in [-0.15, -0.1) is 23.7 Å². The van der Waals surface area contributed by atoms with Crippen molar-refractivity contribution in [3.8, 4) is 0 Å². The second kappa shape index (κ2) is 6.74. The van der Waals surface area contributed by atoms with Crippen molar-refractivity contribution in [1.82, 2.24) is 5.32 Å². The van der Waals surface area contributed by atoms with Crippen LogP contribution in [0.4, 0.5) is 4.39 Å². The molecule has 0 unspecified atom stereocenters. The molecule has 17 heavy (non-hydrogen) atoms. The minimum Gasteiger partial charge on any atom is -0.308 e. The molecule has 1 N–H and O–H groups in total. The van der Waals surface area contributed by atoms with E-state index < -0.39 is 0 Å². The maximum absolute atomic E-state index is 12.7. The topological polar surface area (TPSA) is 12.0 Å². The Balaban J connectivity index is 0.00000144. The minimum atomic E-state index is -0.118. The third-order valence-corrected chi connectivity index (χ3v) is 3.25. The highest BCUT2D eigenvalue weighted by molar-refractivity contribution is 7.10. The van der Waals surface area contributed by atoms with Crippen LogP contribution in [0.15, 0.2) is 36.4 Å². The monoisotopic (exact) mass is 271 g/mol. The van der Waals surface area contributed by atoms with Crippen molar-refractivity contribution in [3.63, 3.8) is 0 Å². The number of nitrogens with one attached hydrogen (secondary N) is 1. The summed E-state index contributed by atoms with van der Waals surface area (Å²) < 4.78 is 12.7. The van der Waals surface area contributed by atoms with E-state index in [1.807, 2.05) is 6.07 Å². The van der Waals surface area contributed by atoms with Gasteiger partial charge in [-0.3, -0.25) is 0 Å². The lowest BCUT2D eigenvalue weighted by molar-refractivity contribution is 0.657. The number of halogens is 2. The highest BCUT2D eigenvalue weighted by Crippen LogP contribution is 2.14. The summed E-state index contributed by atoms with van der Waals surface area (Å²) in [7, 11) is 0. The van der Waals surface area contributed by atoms with E-state index in [9.17, 15) is 4.39 Å². The van der Waals surface area contributed by atoms with Gasteiger partial charge in [-0.25, -0.2) is 0 Å². The quantitative estimate of drug-likeness (QED) is 0.889. The summed E-state index contributed by atoms with van der Waals surface area (Å²) in [5.74, 6) is 0. The van der Waals surface area contributed by atoms with E-state index in [0.717, 1.165) is 18.0 Å². The van der Waals surface area contributed by atoms with Crippen LogP contribution in [0.2, 0.25) is 0 Å². The van der Waals surface area contributed by atoms with Crippen molar-refractivity contribution in [3.05, 3.63) is 57.5 Å². The number of rotatable bonds is 4. The van der Waals surface area contributed by atoms with E-state index in [1.54, 1.807) is 0 Å². The third kappa shape index (κ3) is 4.46. The van der Waals surface area contributed by atoms with Crippen LogP contribution in [0, 0.1) is 12.1 Å². The Morgan fingerprint density at radius 3 is 2.35 bits per heavy atom. The first-order valence-corrected chi connectivity index (χ1v) is 6.06. The molecule has 0 aliphatic carbocycles. The van der Waals surface area contributed by atoms with Crippen LogP contribution in [0.5, 0.6) is 0 Å². The smallest absolute Gasteiger partial charge is 0.176 e. The van der Waals surface area contributed by atoms with Crippen LogP contribution in [0.1, 0.15) is 16.0 Å². The summed E-state index contributed by atoms with van der Waals surface area (Å²) in [6.07, 6.45) is 0. The van der Waals surface area contributed by atoms with E-state index in [2.05, 4.69) is 36.5 Å². The minimum absolute atomic E-state index is 0. The average molecular weight is 272 g/mol. The van der Waals surface area contributed by atoms with Gasteiger partial charge in [0.25, 0.3) is 0 Å². The molecule has 0 saturated heterocycles. The highest BCUT2D eigenvalue weighted by atomic mass is 35.5. The standard InChI is InChI=1S/C13H14FNS.ClH/c1-10-2-4-11(5-3-10)8-15-9-12-6-7-13(14)16-12;/h2-7,15H,8-9H2,1H3;1H. The van der Waals surface area contributed by atoms with Crippen LogP contribution in [0.3, 0.4) is 0 Å². The van der Waals surface area contributed by atoms with E-state index in [1.165, 1.54) is 28.5 Å². The van der Waals surface area contributed by atoms with Gasteiger partial charge < -0.3 is 5.32 Å². The first kappa shape index (κ1) is 14.2. The van der Waals surface area contributed by atoms with Gasteiger partial charge in [-0.05, 0) is 24.6 Å². The number of benzene rings is 1. The number of aryl methyl sites for hydroxylation is 1. The molecular weight excluding hydrogens is 257 g/mol. The summed E-state index contributed by atoms with van der Waals surface area (Å²) in [6, 6.07) is 11.7. The SMILES string of the molecule is Cc1ccc(CNCc2ccc(F)s2)cc1.Cl. The van der Waals surface area contributed by atoms with Crippen molar-refractivity contribution in [2.45, 2.75) is 20.0 Å². The van der Waals surface area contributed by atoms with Crippen LogP contribution in [0.25, 0.3) is 0 Å². The van der Waals surface area contributed by atoms with Crippen LogP contribution >= 0.6 is 23.7 Å². The Bertz CT molecular complexity index is 453. The maximum atomic E-state index is 12.7. The van der Waals surface area contributed by atoms with Gasteiger partial charge in [0.15, 0.2) is 5.13 Å². The van der Waals surface area contributed by atoms with E-state index in [4.69, 9.17) is 0 Å². The molecule has 0 spiro atoms. The molecule has 4 heteroatoms. The molecule has 92 valence electrons. The summed E-state index contributed by atoms with van der Waals surface area (Å²) in [5.41, 5.74) is 2.52. The highest BCUT2D eigenvalue weighted by Gasteiger charge is 1.98. The van der Waals surface area contributed by atoms with Gasteiger partial charge in [-0.2, -0.15) is 4.39 Å². The lowest BCUT2D eigenvalue weighted by atomic mass is 10.1. The maximum Gasteiger partial charge on any atom is 0.176 e. The Morgan fingerprint density at radius 2 is 1.76 bits per heavy atom. The summed E-state index contributed by atoms with van der Waals surface area (Å²) >= 11 is 1.20. The zero-order chi connectivity index (χ0) is 11.4. The van der Waals surface area contributed by atoms with Gasteiger partial charge in [0.2, 0.25) is 0 Å². The Morgan fingerprint density at radius 1 is 1.06 bits per heavy atom. The molecule has 0 saturated carbocycles. The second-order valence-electron chi connectivity index (χ2n) is 3.79. The molecular formula is C13H15ClFNS. The van der Waals surface area contributed by atoms with Crippen LogP contribution in [-0.4, -0.2) is 0 Å². The van der Waals surface area contributed by atoms with Crippen LogP contribution in [-0.2, 0) is 13.1 Å². The molecule has 2 rings (SSSR count). The number of hydrogen-bond acceptors (Lipinski definition) is 2.